The molecular formula is C13H21NO5S2. The lowest BCUT2D eigenvalue weighted by molar-refractivity contribution is 0.335. The van der Waals surface area contributed by atoms with Crippen molar-refractivity contribution in [2.75, 3.05) is 18.1 Å². The van der Waals surface area contributed by atoms with Gasteiger partial charge < -0.3 is 4.74 Å². The van der Waals surface area contributed by atoms with Crippen molar-refractivity contribution in [2.45, 2.75) is 32.6 Å². The molecule has 1 aromatic rings. The summed E-state index contributed by atoms with van der Waals surface area (Å²) in [6, 6.07) is 1.45. The van der Waals surface area contributed by atoms with Gasteiger partial charge >= 0.3 is 0 Å². The molecule has 1 aromatic carbocycles. The lowest BCUT2D eigenvalue weighted by Crippen LogP contribution is -2.18. The zero-order valence-corrected chi connectivity index (χ0v) is 14.3. The lowest BCUT2D eigenvalue weighted by atomic mass is 10.1. The second-order valence-corrected chi connectivity index (χ2v) is 8.90. The number of hydrogen-bond acceptors (Lipinski definition) is 5. The number of primary sulfonamides is 1. The number of benzene rings is 1. The summed E-state index contributed by atoms with van der Waals surface area (Å²) in [5.41, 5.74) is 1.76. The number of sulfonamides is 1. The molecule has 0 atom stereocenters. The van der Waals surface area contributed by atoms with Crippen LogP contribution in [0.25, 0.3) is 0 Å². The summed E-state index contributed by atoms with van der Waals surface area (Å²) >= 11 is 0. The molecule has 0 spiro atoms. The molecule has 6 nitrogen and oxygen atoms in total. The van der Waals surface area contributed by atoms with E-state index in [1.54, 1.807) is 27.7 Å². The highest BCUT2D eigenvalue weighted by molar-refractivity contribution is 7.91. The van der Waals surface area contributed by atoms with E-state index in [1.165, 1.54) is 6.07 Å². The zero-order chi connectivity index (χ0) is 16.4. The van der Waals surface area contributed by atoms with Crippen molar-refractivity contribution in [3.05, 3.63) is 22.8 Å². The molecule has 0 amide bonds. The van der Waals surface area contributed by atoms with Crippen LogP contribution in [0.2, 0.25) is 0 Å². The minimum Gasteiger partial charge on any atom is -0.492 e. The number of nitrogens with two attached hydrogens (primary N) is 1. The van der Waals surface area contributed by atoms with Crippen LogP contribution in [0.3, 0.4) is 0 Å². The van der Waals surface area contributed by atoms with Gasteiger partial charge in [0.15, 0.2) is 9.84 Å². The summed E-state index contributed by atoms with van der Waals surface area (Å²) < 4.78 is 51.4. The molecule has 0 saturated heterocycles. The molecule has 21 heavy (non-hydrogen) atoms. The molecule has 1 rings (SSSR count). The molecule has 0 heterocycles. The topological polar surface area (TPSA) is 104 Å². The highest BCUT2D eigenvalue weighted by Crippen LogP contribution is 2.30. The summed E-state index contributed by atoms with van der Waals surface area (Å²) in [7, 11) is -6.89. The second-order valence-electron chi connectivity index (χ2n) is 4.90. The molecule has 0 aromatic heterocycles. The molecule has 0 radical (unpaired) electrons. The first-order valence-electron chi connectivity index (χ1n) is 6.46. The fourth-order valence-electron chi connectivity index (χ4n) is 1.95. The third kappa shape index (κ3) is 4.42. The van der Waals surface area contributed by atoms with Gasteiger partial charge in [-0.15, -0.1) is 0 Å². The number of ether oxygens (including phenoxy) is 1. The summed E-state index contributed by atoms with van der Waals surface area (Å²) in [6.07, 6.45) is 0. The predicted molar refractivity (Wildman–Crippen MR) is 81.8 cm³/mol. The van der Waals surface area contributed by atoms with Gasteiger partial charge in [0.1, 0.15) is 12.4 Å². The Morgan fingerprint density at radius 1 is 1.10 bits per heavy atom. The Morgan fingerprint density at radius 2 is 1.67 bits per heavy atom. The van der Waals surface area contributed by atoms with E-state index in [9.17, 15) is 16.8 Å². The van der Waals surface area contributed by atoms with Gasteiger partial charge in [0.05, 0.1) is 10.6 Å². The van der Waals surface area contributed by atoms with Crippen LogP contribution in [0.1, 0.15) is 23.6 Å². The fourth-order valence-corrected chi connectivity index (χ4v) is 3.50. The maximum Gasteiger partial charge on any atom is 0.238 e. The van der Waals surface area contributed by atoms with E-state index in [0.717, 1.165) is 0 Å². The zero-order valence-electron chi connectivity index (χ0n) is 12.6. The Morgan fingerprint density at radius 3 is 2.14 bits per heavy atom. The van der Waals surface area contributed by atoms with E-state index < -0.39 is 19.9 Å². The van der Waals surface area contributed by atoms with E-state index in [1.807, 2.05) is 0 Å². The molecule has 0 bridgehead atoms. The fraction of sp³-hybridized carbons (Fsp3) is 0.538. The van der Waals surface area contributed by atoms with Gasteiger partial charge in [-0.1, -0.05) is 6.92 Å². The van der Waals surface area contributed by atoms with Crippen LogP contribution in [0.4, 0.5) is 0 Å². The third-order valence-electron chi connectivity index (χ3n) is 3.37. The van der Waals surface area contributed by atoms with Gasteiger partial charge in [0.2, 0.25) is 10.0 Å². The summed E-state index contributed by atoms with van der Waals surface area (Å²) in [6.45, 7) is 6.68. The monoisotopic (exact) mass is 335 g/mol. The van der Waals surface area contributed by atoms with Crippen LogP contribution in [-0.4, -0.2) is 34.9 Å². The first-order valence-corrected chi connectivity index (χ1v) is 9.83. The van der Waals surface area contributed by atoms with E-state index in [4.69, 9.17) is 9.88 Å². The maximum absolute atomic E-state index is 11.5. The van der Waals surface area contributed by atoms with Crippen LogP contribution in [0.5, 0.6) is 5.75 Å². The molecule has 0 unspecified atom stereocenters. The Labute approximate surface area is 126 Å². The predicted octanol–water partition coefficient (Wildman–Crippen LogP) is 1.07. The van der Waals surface area contributed by atoms with Gasteiger partial charge in [-0.3, -0.25) is 0 Å². The highest BCUT2D eigenvalue weighted by Gasteiger charge is 2.18. The lowest BCUT2D eigenvalue weighted by Gasteiger charge is -2.16. The van der Waals surface area contributed by atoms with E-state index >= 15 is 0 Å². The Bertz CT molecular complexity index is 736. The number of aryl methyl sites for hydroxylation is 1. The largest absolute Gasteiger partial charge is 0.492 e. The summed E-state index contributed by atoms with van der Waals surface area (Å²) in [4.78, 5) is 0.0611. The standard InChI is InChI=1S/C13H21NO5S2/c1-5-20(15,16)7-6-19-13-9(2)8-12(21(14,17)18)10(3)11(13)4/h8H,5-7H2,1-4H3,(H2,14,17,18). The quantitative estimate of drug-likeness (QED) is 0.837. The second kappa shape index (κ2) is 6.33. The molecule has 2 N–H and O–H groups in total. The average Bonchev–Trinajstić information content (AvgIpc) is 2.36. The molecule has 0 aliphatic carbocycles. The maximum atomic E-state index is 11.5. The van der Waals surface area contributed by atoms with E-state index in [0.29, 0.717) is 22.4 Å². The number of rotatable bonds is 6. The van der Waals surface area contributed by atoms with Crippen molar-refractivity contribution >= 4 is 19.9 Å². The van der Waals surface area contributed by atoms with E-state index in [-0.39, 0.29) is 23.0 Å². The molecular weight excluding hydrogens is 314 g/mol. The number of hydrogen-bond donors (Lipinski definition) is 1. The summed E-state index contributed by atoms with van der Waals surface area (Å²) in [5.74, 6) is 0.502. The van der Waals surface area contributed by atoms with Crippen molar-refractivity contribution in [2.24, 2.45) is 5.14 Å². The normalized spacial score (nSPS) is 12.4. The molecule has 120 valence electrons. The van der Waals surface area contributed by atoms with E-state index in [2.05, 4.69) is 0 Å². The molecule has 0 aliphatic rings. The Kier molecular flexibility index (Phi) is 5.40. The van der Waals surface area contributed by atoms with Crippen molar-refractivity contribution in [1.29, 1.82) is 0 Å². The van der Waals surface area contributed by atoms with Crippen LogP contribution < -0.4 is 9.88 Å². The van der Waals surface area contributed by atoms with Gasteiger partial charge in [0, 0.05) is 5.75 Å². The first kappa shape index (κ1) is 17.9. The third-order valence-corrected chi connectivity index (χ3v) is 6.07. The molecule has 0 saturated carbocycles. The van der Waals surface area contributed by atoms with Crippen LogP contribution >= 0.6 is 0 Å². The average molecular weight is 335 g/mol. The van der Waals surface area contributed by atoms with Crippen LogP contribution in [0, 0.1) is 20.8 Å². The Hall–Kier alpha value is -1.12. The molecule has 8 heteroatoms. The Balaban J connectivity index is 3.09. The SMILES string of the molecule is CCS(=O)(=O)CCOc1c(C)cc(S(N)(=O)=O)c(C)c1C. The van der Waals surface area contributed by atoms with Gasteiger partial charge in [-0.2, -0.15) is 0 Å². The van der Waals surface area contributed by atoms with Crippen molar-refractivity contribution in [1.82, 2.24) is 0 Å². The molecule has 0 aliphatic heterocycles. The van der Waals surface area contributed by atoms with Gasteiger partial charge in [-0.05, 0) is 43.5 Å². The highest BCUT2D eigenvalue weighted by atomic mass is 32.2. The smallest absolute Gasteiger partial charge is 0.238 e. The van der Waals surface area contributed by atoms with Gasteiger partial charge in [0.25, 0.3) is 0 Å². The molecule has 0 fully saturated rings. The minimum absolute atomic E-state index is 0.0337. The van der Waals surface area contributed by atoms with Crippen LogP contribution in [-0.2, 0) is 19.9 Å². The van der Waals surface area contributed by atoms with Crippen molar-refractivity contribution < 1.29 is 21.6 Å². The van der Waals surface area contributed by atoms with Crippen LogP contribution in [0.15, 0.2) is 11.0 Å². The summed E-state index contributed by atoms with van der Waals surface area (Å²) in [5, 5.41) is 5.17. The number of sulfone groups is 1. The first-order chi connectivity index (χ1) is 9.49. The van der Waals surface area contributed by atoms with Gasteiger partial charge in [-0.25, -0.2) is 22.0 Å². The minimum atomic E-state index is -3.79. The van der Waals surface area contributed by atoms with Crippen molar-refractivity contribution in [3.63, 3.8) is 0 Å². The van der Waals surface area contributed by atoms with Crippen molar-refractivity contribution in [3.8, 4) is 5.75 Å².